The molecule has 1 aliphatic heterocycles. The summed E-state index contributed by atoms with van der Waals surface area (Å²) in [7, 11) is 0. The Kier molecular flexibility index (Phi) is 4.97. The van der Waals surface area contributed by atoms with E-state index in [9.17, 15) is 14.4 Å². The van der Waals surface area contributed by atoms with Gasteiger partial charge in [-0.05, 0) is 18.2 Å². The van der Waals surface area contributed by atoms with Gasteiger partial charge < -0.3 is 5.32 Å². The van der Waals surface area contributed by atoms with Crippen LogP contribution in [0.4, 0.5) is 11.4 Å². The van der Waals surface area contributed by atoms with Crippen molar-refractivity contribution >= 4 is 45.1 Å². The molecule has 6 rings (SSSR count). The SMILES string of the molecule is O=C(CN1C(=O)/C(=c2\sc3nc(-c4ccccc4)nn3c2=O)c2ccccc21)Nc1ccccc1. The van der Waals surface area contributed by atoms with Gasteiger partial charge in [-0.2, -0.15) is 9.50 Å². The van der Waals surface area contributed by atoms with Gasteiger partial charge in [0.1, 0.15) is 11.1 Å². The summed E-state index contributed by atoms with van der Waals surface area (Å²) in [6.45, 7) is -0.179. The van der Waals surface area contributed by atoms with Crippen molar-refractivity contribution in [3.63, 3.8) is 0 Å². The lowest BCUT2D eigenvalue weighted by atomic mass is 10.1. The van der Waals surface area contributed by atoms with E-state index in [0.717, 1.165) is 16.9 Å². The molecular weight excluding hydrogens is 462 g/mol. The number of hydrogen-bond acceptors (Lipinski definition) is 6. The van der Waals surface area contributed by atoms with Gasteiger partial charge in [-0.3, -0.25) is 19.3 Å². The number of fused-ring (bicyclic) bond motifs is 2. The minimum absolute atomic E-state index is 0.179. The predicted molar refractivity (Wildman–Crippen MR) is 134 cm³/mol. The number of nitrogens with one attached hydrogen (secondary N) is 1. The highest BCUT2D eigenvalue weighted by molar-refractivity contribution is 7.15. The maximum atomic E-state index is 13.5. The number of anilines is 2. The quantitative estimate of drug-likeness (QED) is 0.428. The third kappa shape index (κ3) is 3.58. The number of rotatable bonds is 4. The maximum absolute atomic E-state index is 13.5. The molecule has 0 saturated heterocycles. The van der Waals surface area contributed by atoms with E-state index in [1.165, 1.54) is 9.42 Å². The zero-order chi connectivity index (χ0) is 23.9. The van der Waals surface area contributed by atoms with Gasteiger partial charge in [0.25, 0.3) is 11.5 Å². The molecule has 2 amide bonds. The van der Waals surface area contributed by atoms with Gasteiger partial charge in [0.05, 0.1) is 11.3 Å². The minimum atomic E-state index is -0.409. The van der Waals surface area contributed by atoms with Gasteiger partial charge >= 0.3 is 0 Å². The molecular formula is C26H17N5O3S. The summed E-state index contributed by atoms with van der Waals surface area (Å²) in [6, 6.07) is 25.6. The fourth-order valence-corrected chi connectivity index (χ4v) is 5.11. The number of benzene rings is 3. The monoisotopic (exact) mass is 479 g/mol. The molecule has 0 unspecified atom stereocenters. The van der Waals surface area contributed by atoms with Crippen LogP contribution >= 0.6 is 11.3 Å². The van der Waals surface area contributed by atoms with E-state index >= 15 is 0 Å². The zero-order valence-corrected chi connectivity index (χ0v) is 19.0. The fraction of sp³-hybridized carbons (Fsp3) is 0.0385. The first kappa shape index (κ1) is 20.9. The number of hydrogen-bond donors (Lipinski definition) is 1. The highest BCUT2D eigenvalue weighted by atomic mass is 32.1. The second kappa shape index (κ2) is 8.30. The number of nitrogens with zero attached hydrogens (tertiary/aromatic N) is 4. The molecule has 0 fully saturated rings. The van der Waals surface area contributed by atoms with Crippen LogP contribution < -0.4 is 20.3 Å². The number of carbonyl (C=O) groups excluding carboxylic acids is 2. The number of thiazole rings is 1. The van der Waals surface area contributed by atoms with Crippen molar-refractivity contribution in [3.8, 4) is 11.4 Å². The van der Waals surface area contributed by atoms with E-state index < -0.39 is 11.5 Å². The van der Waals surface area contributed by atoms with Crippen LogP contribution in [0.5, 0.6) is 0 Å². The normalized spacial score (nSPS) is 14.4. The average molecular weight is 480 g/mol. The Bertz CT molecular complexity index is 1710. The van der Waals surface area contributed by atoms with E-state index in [4.69, 9.17) is 0 Å². The molecule has 35 heavy (non-hydrogen) atoms. The lowest BCUT2D eigenvalue weighted by molar-refractivity contribution is -0.118. The van der Waals surface area contributed by atoms with Gasteiger partial charge in [-0.1, -0.05) is 78.1 Å². The third-order valence-corrected chi connectivity index (χ3v) is 6.73. The standard InChI is InChI=1S/C26H17N5O3S/c32-20(27-17-11-5-2-6-12-17)15-30-19-14-8-7-13-18(19)21(24(30)33)22-25(34)31-26(35-22)28-23(29-31)16-9-3-1-4-10-16/h1-14H,15H2,(H,27,32)/b22-21-. The average Bonchev–Trinajstić information content (AvgIpc) is 3.51. The maximum Gasteiger partial charge on any atom is 0.291 e. The smallest absolute Gasteiger partial charge is 0.291 e. The largest absolute Gasteiger partial charge is 0.325 e. The lowest BCUT2D eigenvalue weighted by Gasteiger charge is -2.16. The molecule has 2 aromatic heterocycles. The van der Waals surface area contributed by atoms with E-state index in [1.807, 2.05) is 48.5 Å². The van der Waals surface area contributed by atoms with Gasteiger partial charge in [0, 0.05) is 16.8 Å². The van der Waals surface area contributed by atoms with Crippen molar-refractivity contribution < 1.29 is 9.59 Å². The van der Waals surface area contributed by atoms with Crippen molar-refractivity contribution in [3.05, 3.63) is 105 Å². The number of aromatic nitrogens is 3. The molecule has 3 heterocycles. The number of carbonyl (C=O) groups is 2. The summed E-state index contributed by atoms with van der Waals surface area (Å²) < 4.78 is 1.48. The van der Waals surface area contributed by atoms with Gasteiger partial charge in [0.15, 0.2) is 5.82 Å². The Morgan fingerprint density at radius 2 is 1.57 bits per heavy atom. The van der Waals surface area contributed by atoms with E-state index in [0.29, 0.717) is 27.7 Å². The van der Waals surface area contributed by atoms with Crippen LogP contribution in [0.15, 0.2) is 89.7 Å². The van der Waals surface area contributed by atoms with Crippen molar-refractivity contribution in [2.24, 2.45) is 0 Å². The van der Waals surface area contributed by atoms with Gasteiger partial charge in [0.2, 0.25) is 10.9 Å². The predicted octanol–water partition coefficient (Wildman–Crippen LogP) is 2.72. The summed E-state index contributed by atoms with van der Waals surface area (Å²) in [5.74, 6) is -0.291. The minimum Gasteiger partial charge on any atom is -0.325 e. The molecule has 3 aromatic carbocycles. The molecule has 0 atom stereocenters. The summed E-state index contributed by atoms with van der Waals surface area (Å²) in [4.78, 5) is 45.8. The second-order valence-corrected chi connectivity index (χ2v) is 8.91. The molecule has 9 heteroatoms. The van der Waals surface area contributed by atoms with Crippen LogP contribution in [-0.4, -0.2) is 33.0 Å². The topological polar surface area (TPSA) is 96.7 Å². The van der Waals surface area contributed by atoms with Crippen LogP contribution in [0, 0.1) is 0 Å². The summed E-state index contributed by atoms with van der Waals surface area (Å²) in [5.41, 5.74) is 2.48. The van der Waals surface area contributed by atoms with Crippen molar-refractivity contribution in [2.75, 3.05) is 16.8 Å². The summed E-state index contributed by atoms with van der Waals surface area (Å²) >= 11 is 1.12. The molecule has 0 radical (unpaired) electrons. The molecule has 1 aliphatic rings. The Balaban J connectivity index is 1.41. The first-order valence-corrected chi connectivity index (χ1v) is 11.7. The molecule has 5 aromatic rings. The molecule has 170 valence electrons. The highest BCUT2D eigenvalue weighted by Crippen LogP contribution is 2.35. The highest BCUT2D eigenvalue weighted by Gasteiger charge is 2.35. The van der Waals surface area contributed by atoms with Crippen LogP contribution in [0.2, 0.25) is 0 Å². The Labute approximate surface area is 202 Å². The Morgan fingerprint density at radius 3 is 2.31 bits per heavy atom. The number of amides is 2. The third-order valence-electron chi connectivity index (χ3n) is 5.70. The molecule has 0 spiro atoms. The fourth-order valence-electron chi connectivity index (χ4n) is 4.12. The molecule has 8 nitrogen and oxygen atoms in total. The Morgan fingerprint density at radius 1 is 0.886 bits per heavy atom. The molecule has 0 bridgehead atoms. The van der Waals surface area contributed by atoms with Crippen molar-refractivity contribution in [1.29, 1.82) is 0 Å². The van der Waals surface area contributed by atoms with Crippen LogP contribution in [-0.2, 0) is 9.59 Å². The van der Waals surface area contributed by atoms with E-state index in [2.05, 4.69) is 15.4 Å². The first-order chi connectivity index (χ1) is 17.1. The van der Waals surface area contributed by atoms with Gasteiger partial charge in [-0.15, -0.1) is 5.10 Å². The Hall–Kier alpha value is -4.63. The van der Waals surface area contributed by atoms with Crippen molar-refractivity contribution in [1.82, 2.24) is 14.6 Å². The number of para-hydroxylation sites is 2. The first-order valence-electron chi connectivity index (χ1n) is 10.9. The van der Waals surface area contributed by atoms with E-state index in [1.54, 1.807) is 36.4 Å². The van der Waals surface area contributed by atoms with Crippen molar-refractivity contribution in [2.45, 2.75) is 0 Å². The van der Waals surface area contributed by atoms with E-state index in [-0.39, 0.29) is 22.6 Å². The van der Waals surface area contributed by atoms with Crippen LogP contribution in [0.1, 0.15) is 5.56 Å². The molecule has 0 aliphatic carbocycles. The summed E-state index contributed by atoms with van der Waals surface area (Å²) in [5, 5.41) is 7.17. The van der Waals surface area contributed by atoms with Gasteiger partial charge in [-0.25, -0.2) is 0 Å². The zero-order valence-electron chi connectivity index (χ0n) is 18.2. The molecule has 0 saturated carbocycles. The van der Waals surface area contributed by atoms with Crippen LogP contribution in [0.25, 0.3) is 21.9 Å². The second-order valence-electron chi connectivity index (χ2n) is 7.93. The summed E-state index contributed by atoms with van der Waals surface area (Å²) in [6.07, 6.45) is 0. The lowest BCUT2D eigenvalue weighted by Crippen LogP contribution is -2.37. The molecule has 1 N–H and O–H groups in total. The van der Waals surface area contributed by atoms with Crippen LogP contribution in [0.3, 0.4) is 0 Å².